The van der Waals surface area contributed by atoms with Crippen molar-refractivity contribution in [2.24, 2.45) is 7.05 Å². The first kappa shape index (κ1) is 17.5. The number of rotatable bonds is 5. The van der Waals surface area contributed by atoms with E-state index < -0.39 is 11.7 Å². The molecule has 25 heavy (non-hydrogen) atoms. The third-order valence-electron chi connectivity index (χ3n) is 4.04. The SMILES string of the molecule is Cn1cc(C(=O)C(=O)NCCc2ccc(Cl)cc2Cl)c2ccccc21. The van der Waals surface area contributed by atoms with Crippen LogP contribution in [-0.2, 0) is 18.3 Å². The Morgan fingerprint density at radius 1 is 1.12 bits per heavy atom. The summed E-state index contributed by atoms with van der Waals surface area (Å²) in [6.07, 6.45) is 2.20. The number of halogens is 2. The summed E-state index contributed by atoms with van der Waals surface area (Å²) in [6, 6.07) is 12.7. The number of Topliss-reactive ketones (excluding diaryl/α,β-unsaturated/α-hetero) is 1. The summed E-state index contributed by atoms with van der Waals surface area (Å²) in [6.45, 7) is 0.316. The Balaban J connectivity index is 1.67. The fraction of sp³-hybridized carbons (Fsp3) is 0.158. The van der Waals surface area contributed by atoms with Crippen LogP contribution in [0.4, 0.5) is 0 Å². The number of ketones is 1. The van der Waals surface area contributed by atoms with Gasteiger partial charge in [0.05, 0.1) is 5.56 Å². The van der Waals surface area contributed by atoms with E-state index in [1.54, 1.807) is 18.3 Å². The summed E-state index contributed by atoms with van der Waals surface area (Å²) in [7, 11) is 1.85. The van der Waals surface area contributed by atoms with E-state index in [4.69, 9.17) is 23.2 Å². The molecule has 6 heteroatoms. The average molecular weight is 375 g/mol. The van der Waals surface area contributed by atoms with Gasteiger partial charge in [-0.1, -0.05) is 47.5 Å². The van der Waals surface area contributed by atoms with Crippen LogP contribution in [0.2, 0.25) is 10.0 Å². The van der Waals surface area contributed by atoms with Crippen molar-refractivity contribution in [1.82, 2.24) is 9.88 Å². The van der Waals surface area contributed by atoms with Crippen molar-refractivity contribution in [2.75, 3.05) is 6.54 Å². The van der Waals surface area contributed by atoms with Crippen molar-refractivity contribution in [3.05, 3.63) is 69.8 Å². The molecule has 0 spiro atoms. The van der Waals surface area contributed by atoms with E-state index in [1.165, 1.54) is 0 Å². The number of nitrogens with zero attached hydrogens (tertiary/aromatic N) is 1. The Bertz CT molecular complexity index is 963. The second-order valence-corrected chi connectivity index (χ2v) is 6.59. The van der Waals surface area contributed by atoms with Crippen LogP contribution in [0.1, 0.15) is 15.9 Å². The number of hydrogen-bond donors (Lipinski definition) is 1. The molecule has 1 amide bonds. The molecule has 1 heterocycles. The van der Waals surface area contributed by atoms with E-state index in [0.717, 1.165) is 16.5 Å². The standard InChI is InChI=1S/C19H16Cl2N2O2/c1-23-11-15(14-4-2-3-5-17(14)23)18(24)19(25)22-9-8-12-6-7-13(20)10-16(12)21/h2-7,10-11H,8-9H2,1H3,(H,22,25). The molecule has 0 atom stereocenters. The first-order valence-electron chi connectivity index (χ1n) is 7.78. The molecule has 3 aromatic rings. The second-order valence-electron chi connectivity index (χ2n) is 5.74. The summed E-state index contributed by atoms with van der Waals surface area (Å²) in [5.74, 6) is -1.17. The summed E-state index contributed by atoms with van der Waals surface area (Å²) < 4.78 is 1.84. The minimum absolute atomic E-state index is 0.316. The molecule has 3 rings (SSSR count). The average Bonchev–Trinajstić information content (AvgIpc) is 2.93. The molecule has 4 nitrogen and oxygen atoms in total. The summed E-state index contributed by atoms with van der Waals surface area (Å²) in [5, 5.41) is 4.53. The highest BCUT2D eigenvalue weighted by molar-refractivity contribution is 6.45. The van der Waals surface area contributed by atoms with Gasteiger partial charge in [-0.25, -0.2) is 0 Å². The minimum atomic E-state index is -0.624. The summed E-state index contributed by atoms with van der Waals surface area (Å²) in [4.78, 5) is 24.7. The smallest absolute Gasteiger partial charge is 0.292 e. The Kier molecular flexibility index (Phi) is 5.11. The van der Waals surface area contributed by atoms with Crippen molar-refractivity contribution in [2.45, 2.75) is 6.42 Å². The van der Waals surface area contributed by atoms with Gasteiger partial charge >= 0.3 is 0 Å². The van der Waals surface area contributed by atoms with Crippen LogP contribution in [-0.4, -0.2) is 22.8 Å². The maximum atomic E-state index is 12.5. The van der Waals surface area contributed by atoms with Crippen LogP contribution in [0.15, 0.2) is 48.7 Å². The monoisotopic (exact) mass is 374 g/mol. The number of carbonyl (C=O) groups is 2. The van der Waals surface area contributed by atoms with E-state index in [2.05, 4.69) is 5.32 Å². The number of nitrogens with one attached hydrogen (secondary N) is 1. The molecule has 0 aliphatic heterocycles. The summed E-state index contributed by atoms with van der Waals surface area (Å²) >= 11 is 12.0. The van der Waals surface area contributed by atoms with Crippen LogP contribution >= 0.6 is 23.2 Å². The van der Waals surface area contributed by atoms with Crippen molar-refractivity contribution >= 4 is 45.8 Å². The molecule has 0 saturated heterocycles. The Hall–Kier alpha value is -2.30. The highest BCUT2D eigenvalue weighted by Crippen LogP contribution is 2.22. The van der Waals surface area contributed by atoms with Gasteiger partial charge in [-0.05, 0) is 30.2 Å². The maximum absolute atomic E-state index is 12.5. The molecule has 0 aliphatic carbocycles. The van der Waals surface area contributed by atoms with Crippen LogP contribution in [0.3, 0.4) is 0 Å². The highest BCUT2D eigenvalue weighted by Gasteiger charge is 2.20. The normalized spacial score (nSPS) is 10.8. The fourth-order valence-corrected chi connectivity index (χ4v) is 3.26. The predicted octanol–water partition coefficient (Wildman–Crippen LogP) is 4.03. The van der Waals surface area contributed by atoms with Gasteiger partial charge in [-0.3, -0.25) is 9.59 Å². The van der Waals surface area contributed by atoms with Gasteiger partial charge in [0.1, 0.15) is 0 Å². The number of amides is 1. The van der Waals surface area contributed by atoms with Gasteiger partial charge in [0.2, 0.25) is 0 Å². The zero-order valence-electron chi connectivity index (χ0n) is 13.6. The van der Waals surface area contributed by atoms with Gasteiger partial charge in [-0.15, -0.1) is 0 Å². The maximum Gasteiger partial charge on any atom is 0.292 e. The Morgan fingerprint density at radius 2 is 1.88 bits per heavy atom. The number of aromatic nitrogens is 1. The predicted molar refractivity (Wildman–Crippen MR) is 100 cm³/mol. The molecule has 0 aliphatic rings. The fourth-order valence-electron chi connectivity index (χ4n) is 2.76. The van der Waals surface area contributed by atoms with Gasteiger partial charge in [0.25, 0.3) is 11.7 Å². The first-order chi connectivity index (χ1) is 12.0. The second kappa shape index (κ2) is 7.30. The van der Waals surface area contributed by atoms with Gasteiger partial charge < -0.3 is 9.88 Å². The van der Waals surface area contributed by atoms with Gasteiger partial charge in [0.15, 0.2) is 0 Å². The van der Waals surface area contributed by atoms with Crippen molar-refractivity contribution in [3.8, 4) is 0 Å². The third kappa shape index (κ3) is 3.70. The lowest BCUT2D eigenvalue weighted by Gasteiger charge is -2.06. The highest BCUT2D eigenvalue weighted by atomic mass is 35.5. The zero-order valence-corrected chi connectivity index (χ0v) is 15.1. The van der Waals surface area contributed by atoms with E-state index in [0.29, 0.717) is 28.6 Å². The minimum Gasteiger partial charge on any atom is -0.350 e. The van der Waals surface area contributed by atoms with Crippen molar-refractivity contribution in [1.29, 1.82) is 0 Å². The number of benzene rings is 2. The molecule has 0 bridgehead atoms. The molecule has 0 fully saturated rings. The molecule has 0 saturated carbocycles. The zero-order chi connectivity index (χ0) is 18.0. The molecule has 2 aromatic carbocycles. The lowest BCUT2D eigenvalue weighted by Crippen LogP contribution is -2.32. The molecule has 0 unspecified atom stereocenters. The number of fused-ring (bicyclic) bond motifs is 1. The molecular formula is C19H16Cl2N2O2. The summed E-state index contributed by atoms with van der Waals surface area (Å²) in [5.41, 5.74) is 2.18. The Labute approximate surface area is 155 Å². The molecule has 0 radical (unpaired) electrons. The van der Waals surface area contributed by atoms with Crippen LogP contribution < -0.4 is 5.32 Å². The molecule has 1 N–H and O–H groups in total. The quantitative estimate of drug-likeness (QED) is 0.541. The van der Waals surface area contributed by atoms with Crippen molar-refractivity contribution in [3.63, 3.8) is 0 Å². The molecular weight excluding hydrogens is 359 g/mol. The van der Waals surface area contributed by atoms with Crippen LogP contribution in [0.5, 0.6) is 0 Å². The molecule has 1 aromatic heterocycles. The first-order valence-corrected chi connectivity index (χ1v) is 8.53. The lowest BCUT2D eigenvalue weighted by molar-refractivity contribution is -0.116. The number of carbonyl (C=O) groups excluding carboxylic acids is 2. The van der Waals surface area contributed by atoms with E-state index in [-0.39, 0.29) is 0 Å². The van der Waals surface area contributed by atoms with E-state index >= 15 is 0 Å². The van der Waals surface area contributed by atoms with Crippen LogP contribution in [0, 0.1) is 0 Å². The van der Waals surface area contributed by atoms with E-state index in [1.807, 2.05) is 41.9 Å². The van der Waals surface area contributed by atoms with E-state index in [9.17, 15) is 9.59 Å². The number of hydrogen-bond acceptors (Lipinski definition) is 2. The largest absolute Gasteiger partial charge is 0.350 e. The topological polar surface area (TPSA) is 51.1 Å². The lowest BCUT2D eigenvalue weighted by atomic mass is 10.1. The number of aryl methyl sites for hydroxylation is 1. The third-order valence-corrected chi connectivity index (χ3v) is 4.63. The van der Waals surface area contributed by atoms with Crippen LogP contribution in [0.25, 0.3) is 10.9 Å². The van der Waals surface area contributed by atoms with Gasteiger partial charge in [-0.2, -0.15) is 0 Å². The Morgan fingerprint density at radius 3 is 2.64 bits per heavy atom. The van der Waals surface area contributed by atoms with Gasteiger partial charge in [0, 0.05) is 40.7 Å². The van der Waals surface area contributed by atoms with Crippen molar-refractivity contribution < 1.29 is 9.59 Å². The molecule has 128 valence electrons. The number of para-hydroxylation sites is 1.